The topological polar surface area (TPSA) is 45.4 Å². The Balaban J connectivity index is 1.98. The molecule has 1 aromatic rings. The monoisotopic (exact) mass is 220 g/mol. The second kappa shape index (κ2) is 5.39. The number of rotatable bonds is 3. The van der Waals surface area contributed by atoms with Crippen molar-refractivity contribution in [2.24, 2.45) is 5.73 Å². The summed E-state index contributed by atoms with van der Waals surface area (Å²) in [5.41, 5.74) is 7.99. The van der Waals surface area contributed by atoms with Gasteiger partial charge >= 0.3 is 0 Å². The lowest BCUT2D eigenvalue weighted by molar-refractivity contribution is 0.148. The molecule has 2 rings (SSSR count). The molecule has 0 spiro atoms. The SMILES string of the molecule is CN1CCN(Cc2cccnc2CN)CC1. The highest BCUT2D eigenvalue weighted by Gasteiger charge is 2.14. The zero-order valence-electron chi connectivity index (χ0n) is 9.89. The molecular weight excluding hydrogens is 200 g/mol. The zero-order chi connectivity index (χ0) is 11.4. The molecule has 1 aliphatic heterocycles. The molecule has 0 aliphatic carbocycles. The fourth-order valence-corrected chi connectivity index (χ4v) is 2.05. The summed E-state index contributed by atoms with van der Waals surface area (Å²) in [7, 11) is 2.17. The van der Waals surface area contributed by atoms with Crippen molar-refractivity contribution in [2.75, 3.05) is 33.2 Å². The van der Waals surface area contributed by atoms with Crippen LogP contribution in [-0.4, -0.2) is 48.0 Å². The maximum Gasteiger partial charge on any atom is 0.0584 e. The molecule has 1 aromatic heterocycles. The van der Waals surface area contributed by atoms with E-state index in [9.17, 15) is 0 Å². The van der Waals surface area contributed by atoms with Crippen molar-refractivity contribution < 1.29 is 0 Å². The Morgan fingerprint density at radius 2 is 2.06 bits per heavy atom. The van der Waals surface area contributed by atoms with Crippen LogP contribution in [0.25, 0.3) is 0 Å². The third kappa shape index (κ3) is 2.78. The number of likely N-dealkylation sites (N-methyl/N-ethyl adjacent to an activating group) is 1. The highest BCUT2D eigenvalue weighted by molar-refractivity contribution is 5.19. The van der Waals surface area contributed by atoms with Gasteiger partial charge in [-0.1, -0.05) is 6.07 Å². The molecule has 0 atom stereocenters. The summed E-state index contributed by atoms with van der Waals surface area (Å²) >= 11 is 0. The second-order valence-corrected chi connectivity index (χ2v) is 4.39. The van der Waals surface area contributed by atoms with Crippen molar-refractivity contribution in [2.45, 2.75) is 13.1 Å². The summed E-state index contributed by atoms with van der Waals surface area (Å²) < 4.78 is 0. The molecule has 1 fully saturated rings. The van der Waals surface area contributed by atoms with Gasteiger partial charge in [-0.05, 0) is 18.7 Å². The first kappa shape index (κ1) is 11.5. The van der Waals surface area contributed by atoms with Gasteiger partial charge in [-0.3, -0.25) is 9.88 Å². The number of aromatic nitrogens is 1. The summed E-state index contributed by atoms with van der Waals surface area (Å²) in [5, 5.41) is 0. The van der Waals surface area contributed by atoms with E-state index in [0.717, 1.165) is 38.4 Å². The highest BCUT2D eigenvalue weighted by Crippen LogP contribution is 2.10. The van der Waals surface area contributed by atoms with Crippen LogP contribution < -0.4 is 5.73 Å². The molecule has 2 N–H and O–H groups in total. The Morgan fingerprint density at radius 1 is 1.31 bits per heavy atom. The Morgan fingerprint density at radius 3 is 2.75 bits per heavy atom. The number of nitrogens with zero attached hydrogens (tertiary/aromatic N) is 3. The predicted octanol–water partition coefficient (Wildman–Crippen LogP) is 0.288. The van der Waals surface area contributed by atoms with Crippen LogP contribution in [0, 0.1) is 0 Å². The van der Waals surface area contributed by atoms with E-state index < -0.39 is 0 Å². The second-order valence-electron chi connectivity index (χ2n) is 4.39. The minimum absolute atomic E-state index is 0.532. The molecule has 4 heteroatoms. The maximum absolute atomic E-state index is 5.69. The van der Waals surface area contributed by atoms with Crippen LogP contribution >= 0.6 is 0 Å². The number of pyridine rings is 1. The van der Waals surface area contributed by atoms with E-state index in [0.29, 0.717) is 6.54 Å². The molecule has 1 saturated heterocycles. The average molecular weight is 220 g/mol. The van der Waals surface area contributed by atoms with E-state index in [2.05, 4.69) is 27.9 Å². The maximum atomic E-state index is 5.69. The van der Waals surface area contributed by atoms with E-state index in [1.165, 1.54) is 5.56 Å². The van der Waals surface area contributed by atoms with Gasteiger partial charge in [0.15, 0.2) is 0 Å². The van der Waals surface area contributed by atoms with Gasteiger partial charge in [-0.2, -0.15) is 0 Å². The van der Waals surface area contributed by atoms with Crippen molar-refractivity contribution >= 4 is 0 Å². The van der Waals surface area contributed by atoms with E-state index in [4.69, 9.17) is 5.73 Å². The molecule has 0 radical (unpaired) electrons. The van der Waals surface area contributed by atoms with Gasteiger partial charge in [0, 0.05) is 45.5 Å². The normalized spacial score (nSPS) is 18.9. The molecule has 0 amide bonds. The minimum atomic E-state index is 0.532. The Hall–Kier alpha value is -0.970. The van der Waals surface area contributed by atoms with Gasteiger partial charge < -0.3 is 10.6 Å². The van der Waals surface area contributed by atoms with E-state index in [1.807, 2.05) is 12.3 Å². The van der Waals surface area contributed by atoms with E-state index >= 15 is 0 Å². The molecule has 16 heavy (non-hydrogen) atoms. The van der Waals surface area contributed by atoms with Gasteiger partial charge in [0.05, 0.1) is 5.69 Å². The van der Waals surface area contributed by atoms with Crippen molar-refractivity contribution in [1.29, 1.82) is 0 Å². The fraction of sp³-hybridized carbons (Fsp3) is 0.583. The molecule has 1 aliphatic rings. The van der Waals surface area contributed by atoms with E-state index in [1.54, 1.807) is 0 Å². The minimum Gasteiger partial charge on any atom is -0.325 e. The Bertz CT molecular complexity index is 332. The number of piperazine rings is 1. The summed E-state index contributed by atoms with van der Waals surface area (Å²) in [6.45, 7) is 6.08. The van der Waals surface area contributed by atoms with Gasteiger partial charge in [0.25, 0.3) is 0 Å². The van der Waals surface area contributed by atoms with Crippen molar-refractivity contribution in [3.05, 3.63) is 29.6 Å². The smallest absolute Gasteiger partial charge is 0.0584 e. The fourth-order valence-electron chi connectivity index (χ4n) is 2.05. The first-order valence-electron chi connectivity index (χ1n) is 5.83. The number of hydrogen-bond donors (Lipinski definition) is 1. The highest BCUT2D eigenvalue weighted by atomic mass is 15.2. The average Bonchev–Trinajstić information content (AvgIpc) is 2.33. The molecular formula is C12H20N4. The molecule has 0 unspecified atom stereocenters. The molecule has 2 heterocycles. The lowest BCUT2D eigenvalue weighted by Gasteiger charge is -2.32. The number of nitrogens with two attached hydrogens (primary N) is 1. The third-order valence-corrected chi connectivity index (χ3v) is 3.17. The lowest BCUT2D eigenvalue weighted by atomic mass is 10.1. The molecule has 0 saturated carbocycles. The van der Waals surface area contributed by atoms with Gasteiger partial charge in [0.2, 0.25) is 0 Å². The Labute approximate surface area is 97.1 Å². The van der Waals surface area contributed by atoms with Crippen molar-refractivity contribution in [3.63, 3.8) is 0 Å². The molecule has 88 valence electrons. The van der Waals surface area contributed by atoms with Crippen LogP contribution in [0.2, 0.25) is 0 Å². The van der Waals surface area contributed by atoms with Crippen LogP contribution in [0.4, 0.5) is 0 Å². The van der Waals surface area contributed by atoms with Crippen LogP contribution in [-0.2, 0) is 13.1 Å². The van der Waals surface area contributed by atoms with Crippen LogP contribution in [0.3, 0.4) is 0 Å². The van der Waals surface area contributed by atoms with Crippen LogP contribution in [0.5, 0.6) is 0 Å². The first-order valence-corrected chi connectivity index (χ1v) is 5.83. The van der Waals surface area contributed by atoms with Gasteiger partial charge in [0.1, 0.15) is 0 Å². The first-order chi connectivity index (χ1) is 7.79. The molecule has 0 aromatic carbocycles. The van der Waals surface area contributed by atoms with Crippen molar-refractivity contribution in [3.8, 4) is 0 Å². The summed E-state index contributed by atoms with van der Waals surface area (Å²) in [6.07, 6.45) is 1.82. The lowest BCUT2D eigenvalue weighted by Crippen LogP contribution is -2.44. The van der Waals surface area contributed by atoms with Crippen LogP contribution in [0.1, 0.15) is 11.3 Å². The number of hydrogen-bond acceptors (Lipinski definition) is 4. The third-order valence-electron chi connectivity index (χ3n) is 3.17. The zero-order valence-corrected chi connectivity index (χ0v) is 9.89. The molecule has 0 bridgehead atoms. The largest absolute Gasteiger partial charge is 0.325 e. The van der Waals surface area contributed by atoms with E-state index in [-0.39, 0.29) is 0 Å². The van der Waals surface area contributed by atoms with Gasteiger partial charge in [-0.25, -0.2) is 0 Å². The van der Waals surface area contributed by atoms with Gasteiger partial charge in [-0.15, -0.1) is 0 Å². The Kier molecular flexibility index (Phi) is 3.88. The predicted molar refractivity (Wildman–Crippen MR) is 64.9 cm³/mol. The summed E-state index contributed by atoms with van der Waals surface area (Å²) in [5.74, 6) is 0. The summed E-state index contributed by atoms with van der Waals surface area (Å²) in [4.78, 5) is 9.15. The molecule has 4 nitrogen and oxygen atoms in total. The van der Waals surface area contributed by atoms with Crippen LogP contribution in [0.15, 0.2) is 18.3 Å². The van der Waals surface area contributed by atoms with Crippen molar-refractivity contribution in [1.82, 2.24) is 14.8 Å². The quantitative estimate of drug-likeness (QED) is 0.795. The summed E-state index contributed by atoms with van der Waals surface area (Å²) in [6, 6.07) is 4.12. The standard InChI is InChI=1S/C12H20N4/c1-15-5-7-16(8-6-15)10-11-3-2-4-14-12(11)9-13/h2-4H,5-10,13H2,1H3.